The van der Waals surface area contributed by atoms with Crippen LogP contribution in [0, 0.1) is 0 Å². The van der Waals surface area contributed by atoms with Gasteiger partial charge in [-0.05, 0) is 31.7 Å². The molecule has 2 heterocycles. The van der Waals surface area contributed by atoms with Crippen molar-refractivity contribution in [2.45, 2.75) is 43.9 Å². The van der Waals surface area contributed by atoms with E-state index in [1.54, 1.807) is 19.1 Å². The molecule has 0 bridgehead atoms. The molecule has 8 nitrogen and oxygen atoms in total. The molecular formula is C20H27N3O5S. The topological polar surface area (TPSA) is 93.2 Å². The fraction of sp³-hybridized carbons (Fsp3) is 0.600. The maximum absolute atomic E-state index is 12.8. The molecule has 9 heteroatoms. The molecule has 2 amide bonds. The van der Waals surface area contributed by atoms with E-state index in [2.05, 4.69) is 10.3 Å². The molecular weight excluding hydrogens is 394 g/mol. The van der Waals surface area contributed by atoms with Gasteiger partial charge in [-0.1, -0.05) is 17.4 Å². The normalized spacial score (nSPS) is 25.0. The van der Waals surface area contributed by atoms with Crippen molar-refractivity contribution in [3.8, 4) is 5.75 Å². The second-order valence-corrected chi connectivity index (χ2v) is 8.49. The summed E-state index contributed by atoms with van der Waals surface area (Å²) in [5.74, 6) is 0.659. The van der Waals surface area contributed by atoms with Gasteiger partial charge < -0.3 is 24.2 Å². The van der Waals surface area contributed by atoms with Crippen LogP contribution in [0.2, 0.25) is 0 Å². The Morgan fingerprint density at radius 1 is 1.31 bits per heavy atom. The fourth-order valence-electron chi connectivity index (χ4n) is 3.93. The number of rotatable bonds is 4. The Balaban J connectivity index is 1.55. The molecule has 1 aromatic heterocycles. The Bertz CT molecular complexity index is 859. The van der Waals surface area contributed by atoms with Crippen LogP contribution in [-0.4, -0.2) is 67.1 Å². The highest BCUT2D eigenvalue weighted by Gasteiger charge is 2.27. The summed E-state index contributed by atoms with van der Waals surface area (Å²) in [6.07, 6.45) is 2.67. The summed E-state index contributed by atoms with van der Waals surface area (Å²) in [6, 6.07) is 3.79. The van der Waals surface area contributed by atoms with Crippen molar-refractivity contribution in [1.29, 1.82) is 0 Å². The van der Waals surface area contributed by atoms with E-state index in [0.29, 0.717) is 36.2 Å². The number of aromatic nitrogens is 1. The lowest BCUT2D eigenvalue weighted by molar-refractivity contribution is -0.0895. The number of fused-ring (bicyclic) bond motifs is 1. The van der Waals surface area contributed by atoms with Crippen LogP contribution in [0.3, 0.4) is 0 Å². The number of ether oxygens (including phenoxy) is 3. The highest BCUT2D eigenvalue weighted by atomic mass is 32.1. The molecule has 2 N–H and O–H groups in total. The van der Waals surface area contributed by atoms with Gasteiger partial charge in [0.1, 0.15) is 17.4 Å². The number of anilines is 1. The lowest BCUT2D eigenvalue weighted by atomic mass is 9.92. The summed E-state index contributed by atoms with van der Waals surface area (Å²) in [5, 5.41) is 13.1. The molecule has 1 saturated heterocycles. The third kappa shape index (κ3) is 4.32. The summed E-state index contributed by atoms with van der Waals surface area (Å²) in [4.78, 5) is 19.1. The van der Waals surface area contributed by atoms with Gasteiger partial charge in [-0.15, -0.1) is 0 Å². The molecule has 0 radical (unpaired) electrons. The van der Waals surface area contributed by atoms with Crippen LogP contribution in [0.5, 0.6) is 5.75 Å². The number of nitrogens with one attached hydrogen (secondary N) is 1. The minimum atomic E-state index is -0.246. The van der Waals surface area contributed by atoms with E-state index < -0.39 is 0 Å². The molecule has 2 fully saturated rings. The number of carbonyl (C=O) groups is 1. The summed E-state index contributed by atoms with van der Waals surface area (Å²) < 4.78 is 17.8. The van der Waals surface area contributed by atoms with Gasteiger partial charge in [-0.3, -0.25) is 5.32 Å². The van der Waals surface area contributed by atoms with Crippen LogP contribution in [0.4, 0.5) is 9.93 Å². The van der Waals surface area contributed by atoms with E-state index in [0.717, 1.165) is 35.9 Å². The van der Waals surface area contributed by atoms with E-state index in [1.807, 2.05) is 12.1 Å². The van der Waals surface area contributed by atoms with Crippen molar-refractivity contribution < 1.29 is 24.1 Å². The number of benzene rings is 1. The summed E-state index contributed by atoms with van der Waals surface area (Å²) >= 11 is 1.41. The fourth-order valence-corrected chi connectivity index (χ4v) is 4.96. The van der Waals surface area contributed by atoms with Gasteiger partial charge in [0.2, 0.25) is 0 Å². The van der Waals surface area contributed by atoms with Crippen LogP contribution in [0.15, 0.2) is 12.1 Å². The maximum atomic E-state index is 12.8. The number of methoxy groups -OCH3 is 1. The molecule has 1 aromatic carbocycles. The molecule has 1 atom stereocenters. The summed E-state index contributed by atoms with van der Waals surface area (Å²) in [6.45, 7) is 1.66. The molecule has 1 unspecified atom stereocenters. The number of hydrogen-bond donors (Lipinski definition) is 2. The maximum Gasteiger partial charge on any atom is 0.323 e. The van der Waals surface area contributed by atoms with Crippen molar-refractivity contribution in [2.75, 3.05) is 39.3 Å². The van der Waals surface area contributed by atoms with Crippen LogP contribution >= 0.6 is 11.3 Å². The molecule has 4 rings (SSSR count). The van der Waals surface area contributed by atoms with Gasteiger partial charge in [-0.25, -0.2) is 9.78 Å². The zero-order valence-corrected chi connectivity index (χ0v) is 17.5. The van der Waals surface area contributed by atoms with Crippen LogP contribution in [0.1, 0.15) is 37.4 Å². The van der Waals surface area contributed by atoms with Crippen molar-refractivity contribution in [1.82, 2.24) is 9.88 Å². The predicted octanol–water partition coefficient (Wildman–Crippen LogP) is 3.16. The van der Waals surface area contributed by atoms with Gasteiger partial charge in [0.25, 0.3) is 0 Å². The molecule has 1 aliphatic heterocycles. The highest BCUT2D eigenvalue weighted by molar-refractivity contribution is 7.22. The largest absolute Gasteiger partial charge is 0.494 e. The summed E-state index contributed by atoms with van der Waals surface area (Å²) in [5.41, 5.74) is 1.70. The van der Waals surface area contributed by atoms with Crippen molar-refractivity contribution in [3.05, 3.63) is 17.7 Å². The molecule has 2 aliphatic rings. The van der Waals surface area contributed by atoms with Crippen molar-refractivity contribution in [2.24, 2.45) is 0 Å². The van der Waals surface area contributed by atoms with Crippen LogP contribution < -0.4 is 10.1 Å². The van der Waals surface area contributed by atoms with Crippen LogP contribution in [-0.2, 0) is 9.47 Å². The Labute approximate surface area is 173 Å². The van der Waals surface area contributed by atoms with Gasteiger partial charge in [-0.2, -0.15) is 0 Å². The summed E-state index contributed by atoms with van der Waals surface area (Å²) in [7, 11) is 3.40. The Morgan fingerprint density at radius 2 is 2.10 bits per heavy atom. The monoisotopic (exact) mass is 421 g/mol. The molecule has 2 aromatic rings. The molecule has 29 heavy (non-hydrogen) atoms. The van der Waals surface area contributed by atoms with E-state index in [9.17, 15) is 9.90 Å². The number of carbonyl (C=O) groups excluding carboxylic acids is 1. The number of nitrogens with zero attached hydrogens (tertiary/aromatic N) is 2. The minimum absolute atomic E-state index is 0.130. The molecule has 1 saturated carbocycles. The van der Waals surface area contributed by atoms with Gasteiger partial charge >= 0.3 is 6.03 Å². The van der Waals surface area contributed by atoms with E-state index >= 15 is 0 Å². The number of thiazole rings is 1. The van der Waals surface area contributed by atoms with E-state index in [1.165, 1.54) is 11.3 Å². The standard InChI is InChI=1S/C20H27N3O5S/c1-23(12-3-5-13(24)6-4-12)20(25)22-19-21-17-15(26-2)8-7-14(18(17)29-19)16-11-27-9-10-28-16/h7-8,12-13,16,24H,3-6,9-11H2,1-2H3,(H,21,22,25). The first-order valence-corrected chi connectivity index (χ1v) is 10.8. The van der Waals surface area contributed by atoms with Gasteiger partial charge in [0.05, 0.1) is 37.7 Å². The second-order valence-electron chi connectivity index (χ2n) is 7.49. The van der Waals surface area contributed by atoms with Gasteiger partial charge in [0, 0.05) is 18.7 Å². The smallest absolute Gasteiger partial charge is 0.323 e. The number of amides is 2. The number of urea groups is 1. The Hall–Kier alpha value is -1.94. The third-order valence-electron chi connectivity index (χ3n) is 5.67. The lowest BCUT2D eigenvalue weighted by Crippen LogP contribution is -2.42. The zero-order valence-electron chi connectivity index (χ0n) is 16.7. The number of aliphatic hydroxyl groups excluding tert-OH is 1. The van der Waals surface area contributed by atoms with E-state index in [-0.39, 0.29) is 24.3 Å². The quantitative estimate of drug-likeness (QED) is 0.788. The second kappa shape index (κ2) is 8.83. The third-order valence-corrected chi connectivity index (χ3v) is 6.69. The lowest BCUT2D eigenvalue weighted by Gasteiger charge is -2.32. The average molecular weight is 422 g/mol. The highest BCUT2D eigenvalue weighted by Crippen LogP contribution is 2.39. The predicted molar refractivity (Wildman–Crippen MR) is 111 cm³/mol. The van der Waals surface area contributed by atoms with Crippen molar-refractivity contribution >= 4 is 32.7 Å². The average Bonchev–Trinajstić information content (AvgIpc) is 3.17. The van der Waals surface area contributed by atoms with Gasteiger partial charge in [0.15, 0.2) is 5.13 Å². The number of hydrogen-bond acceptors (Lipinski definition) is 7. The first-order valence-electron chi connectivity index (χ1n) is 9.95. The molecule has 0 spiro atoms. The van der Waals surface area contributed by atoms with Crippen molar-refractivity contribution in [3.63, 3.8) is 0 Å². The molecule has 158 valence electrons. The first kappa shape index (κ1) is 20.3. The van der Waals surface area contributed by atoms with E-state index in [4.69, 9.17) is 14.2 Å². The zero-order chi connectivity index (χ0) is 20.4. The minimum Gasteiger partial charge on any atom is -0.494 e. The first-order chi connectivity index (χ1) is 14.1. The number of aliphatic hydroxyl groups is 1. The Morgan fingerprint density at radius 3 is 2.79 bits per heavy atom. The molecule has 1 aliphatic carbocycles. The van der Waals surface area contributed by atoms with Crippen LogP contribution in [0.25, 0.3) is 10.2 Å². The Kier molecular flexibility index (Phi) is 6.19. The SMILES string of the molecule is COc1ccc(C2COCCO2)c2sc(NC(=O)N(C)C3CCC(O)CC3)nc12.